The molecule has 0 aliphatic carbocycles. The molecule has 0 spiro atoms. The van der Waals surface area contributed by atoms with Crippen LogP contribution in [0.1, 0.15) is 6.92 Å². The van der Waals surface area contributed by atoms with E-state index < -0.39 is 0 Å². The van der Waals surface area contributed by atoms with Gasteiger partial charge in [0.15, 0.2) is 0 Å². The Morgan fingerprint density at radius 3 is 2.29 bits per heavy atom. The molecule has 1 unspecified atom stereocenters. The van der Waals surface area contributed by atoms with Crippen molar-refractivity contribution in [1.82, 2.24) is 0 Å². The van der Waals surface area contributed by atoms with E-state index in [2.05, 4.69) is 11.3 Å². The van der Waals surface area contributed by atoms with Crippen molar-refractivity contribution in [3.63, 3.8) is 0 Å². The molecule has 44 valence electrons. The molecule has 3 heteroatoms. The second-order valence-electron chi connectivity index (χ2n) is 1.01. The largest absolute Gasteiger partial charge is 0.484 e. The van der Waals surface area contributed by atoms with Gasteiger partial charge in [-0.15, -0.1) is 0 Å². The topological polar surface area (TPSA) is 66.8 Å². The van der Waals surface area contributed by atoms with Gasteiger partial charge in [0.2, 0.25) is 0 Å². The molecule has 0 amide bonds. The van der Waals surface area contributed by atoms with Gasteiger partial charge in [0.25, 0.3) is 0 Å². The van der Waals surface area contributed by atoms with E-state index in [1.165, 1.54) is 6.26 Å². The third kappa shape index (κ3) is 10.8. The lowest BCUT2D eigenvalue weighted by Crippen LogP contribution is -2.15. The third-order valence-electron chi connectivity index (χ3n) is 0.311. The van der Waals surface area contributed by atoms with Crippen LogP contribution in [-0.4, -0.2) is 11.7 Å². The SMILES string of the molecule is C=COC(C)N.O. The molecule has 0 aromatic carbocycles. The Morgan fingerprint density at radius 2 is 2.29 bits per heavy atom. The molecule has 0 aromatic heterocycles. The molecule has 0 rings (SSSR count). The van der Waals surface area contributed by atoms with Crippen molar-refractivity contribution in [1.29, 1.82) is 0 Å². The molecular formula is C4H11NO2. The van der Waals surface area contributed by atoms with Crippen molar-refractivity contribution in [2.45, 2.75) is 13.2 Å². The fourth-order valence-electron chi connectivity index (χ4n) is 0.152. The van der Waals surface area contributed by atoms with Crippen LogP contribution in [-0.2, 0) is 4.74 Å². The minimum Gasteiger partial charge on any atom is -0.484 e. The molecule has 0 fully saturated rings. The van der Waals surface area contributed by atoms with E-state index in [-0.39, 0.29) is 11.7 Å². The summed E-state index contributed by atoms with van der Waals surface area (Å²) >= 11 is 0. The van der Waals surface area contributed by atoms with E-state index in [0.29, 0.717) is 0 Å². The zero-order chi connectivity index (χ0) is 4.99. The summed E-state index contributed by atoms with van der Waals surface area (Å²) in [5.41, 5.74) is 5.11. The summed E-state index contributed by atoms with van der Waals surface area (Å²) in [6.45, 7) is 5.04. The number of hydrogen-bond acceptors (Lipinski definition) is 2. The molecule has 0 bridgehead atoms. The summed E-state index contributed by atoms with van der Waals surface area (Å²) in [6.07, 6.45) is 1.10. The predicted octanol–water partition coefficient (Wildman–Crippen LogP) is -0.373. The fraction of sp³-hybridized carbons (Fsp3) is 0.500. The quantitative estimate of drug-likeness (QED) is 0.384. The zero-order valence-electron chi connectivity index (χ0n) is 4.35. The lowest BCUT2D eigenvalue weighted by Gasteiger charge is -1.99. The minimum absolute atomic E-state index is 0. The fourth-order valence-corrected chi connectivity index (χ4v) is 0.152. The summed E-state index contributed by atoms with van der Waals surface area (Å²) < 4.78 is 4.58. The molecule has 0 aliphatic heterocycles. The molecule has 0 saturated heterocycles. The number of hydrogen-bond donors (Lipinski definition) is 1. The normalized spacial score (nSPS) is 11.1. The number of rotatable bonds is 2. The van der Waals surface area contributed by atoms with Crippen molar-refractivity contribution in [3.8, 4) is 0 Å². The van der Waals surface area contributed by atoms with E-state index >= 15 is 0 Å². The molecule has 0 aromatic rings. The van der Waals surface area contributed by atoms with E-state index in [1.54, 1.807) is 6.92 Å². The van der Waals surface area contributed by atoms with Crippen molar-refractivity contribution in [2.75, 3.05) is 0 Å². The zero-order valence-corrected chi connectivity index (χ0v) is 4.35. The van der Waals surface area contributed by atoms with Gasteiger partial charge < -0.3 is 10.2 Å². The summed E-state index contributed by atoms with van der Waals surface area (Å²) in [5.74, 6) is 0. The van der Waals surface area contributed by atoms with Gasteiger partial charge in [0.05, 0.1) is 6.26 Å². The van der Waals surface area contributed by atoms with E-state index in [1.807, 2.05) is 0 Å². The van der Waals surface area contributed by atoms with Crippen molar-refractivity contribution in [2.24, 2.45) is 5.73 Å². The second-order valence-corrected chi connectivity index (χ2v) is 1.01. The van der Waals surface area contributed by atoms with Gasteiger partial charge in [-0.25, -0.2) is 0 Å². The standard InChI is InChI=1S/C4H9NO.H2O/c1-3-6-4(2)5;/h3-4H,1,5H2,2H3;1H2. The maximum atomic E-state index is 5.11. The van der Waals surface area contributed by atoms with Crippen LogP contribution in [0.3, 0.4) is 0 Å². The molecule has 1 atom stereocenters. The molecule has 3 nitrogen and oxygen atoms in total. The average molecular weight is 105 g/mol. The highest BCUT2D eigenvalue weighted by atomic mass is 16.5. The van der Waals surface area contributed by atoms with Crippen LogP contribution in [0.5, 0.6) is 0 Å². The van der Waals surface area contributed by atoms with E-state index in [4.69, 9.17) is 5.73 Å². The lowest BCUT2D eigenvalue weighted by molar-refractivity contribution is 0.169. The van der Waals surface area contributed by atoms with E-state index in [0.717, 1.165) is 0 Å². The predicted molar refractivity (Wildman–Crippen MR) is 28.5 cm³/mol. The van der Waals surface area contributed by atoms with Crippen LogP contribution in [0.15, 0.2) is 12.8 Å². The molecule has 0 aliphatic rings. The molecule has 7 heavy (non-hydrogen) atoms. The van der Waals surface area contributed by atoms with Crippen molar-refractivity contribution < 1.29 is 10.2 Å². The summed E-state index contributed by atoms with van der Waals surface area (Å²) in [4.78, 5) is 0. The third-order valence-corrected chi connectivity index (χ3v) is 0.311. The van der Waals surface area contributed by atoms with Gasteiger partial charge in [-0.1, -0.05) is 6.58 Å². The van der Waals surface area contributed by atoms with E-state index in [9.17, 15) is 0 Å². The Balaban J connectivity index is 0. The number of ether oxygens (including phenoxy) is 1. The van der Waals surface area contributed by atoms with Gasteiger partial charge in [0.1, 0.15) is 6.23 Å². The van der Waals surface area contributed by atoms with Crippen LogP contribution >= 0.6 is 0 Å². The first-order chi connectivity index (χ1) is 2.77. The summed E-state index contributed by atoms with van der Waals surface area (Å²) in [7, 11) is 0. The lowest BCUT2D eigenvalue weighted by atomic mass is 10.7. The van der Waals surface area contributed by atoms with Gasteiger partial charge in [0, 0.05) is 0 Å². The Morgan fingerprint density at radius 1 is 1.86 bits per heavy atom. The first kappa shape index (κ1) is 9.68. The highest BCUT2D eigenvalue weighted by molar-refractivity contribution is 4.49. The first-order valence-corrected chi connectivity index (χ1v) is 1.79. The smallest absolute Gasteiger partial charge is 0.143 e. The highest BCUT2D eigenvalue weighted by Crippen LogP contribution is 1.75. The molecule has 0 heterocycles. The Labute approximate surface area is 43.1 Å². The Bertz CT molecular complexity index is 45.0. The van der Waals surface area contributed by atoms with Crippen LogP contribution in [0.25, 0.3) is 0 Å². The van der Waals surface area contributed by atoms with Crippen LogP contribution < -0.4 is 5.73 Å². The molecule has 0 radical (unpaired) electrons. The Hall–Kier alpha value is -0.540. The van der Waals surface area contributed by atoms with Crippen LogP contribution in [0.4, 0.5) is 0 Å². The molecular weight excluding hydrogens is 94.0 g/mol. The maximum absolute atomic E-state index is 5.11. The summed E-state index contributed by atoms with van der Waals surface area (Å²) in [6, 6.07) is 0. The van der Waals surface area contributed by atoms with Gasteiger partial charge >= 0.3 is 0 Å². The first-order valence-electron chi connectivity index (χ1n) is 1.79. The Kier molecular flexibility index (Phi) is 7.55. The molecule has 4 N–H and O–H groups in total. The minimum atomic E-state index is -0.220. The highest BCUT2D eigenvalue weighted by Gasteiger charge is 1.80. The second kappa shape index (κ2) is 5.46. The maximum Gasteiger partial charge on any atom is 0.143 e. The summed E-state index contributed by atoms with van der Waals surface area (Å²) in [5, 5.41) is 0. The van der Waals surface area contributed by atoms with Crippen molar-refractivity contribution in [3.05, 3.63) is 12.8 Å². The van der Waals surface area contributed by atoms with Gasteiger partial charge in [-0.2, -0.15) is 0 Å². The van der Waals surface area contributed by atoms with Crippen LogP contribution in [0.2, 0.25) is 0 Å². The van der Waals surface area contributed by atoms with Gasteiger partial charge in [-0.3, -0.25) is 5.73 Å². The number of nitrogens with two attached hydrogens (primary N) is 1. The van der Waals surface area contributed by atoms with Crippen molar-refractivity contribution >= 4 is 0 Å². The van der Waals surface area contributed by atoms with Gasteiger partial charge in [-0.05, 0) is 6.92 Å². The molecule has 0 saturated carbocycles. The average Bonchev–Trinajstić information content (AvgIpc) is 1.35. The van der Waals surface area contributed by atoms with Crippen LogP contribution in [0, 0.1) is 0 Å². The monoisotopic (exact) mass is 105 g/mol.